The molecule has 0 unspecified atom stereocenters. The van der Waals surface area contributed by atoms with E-state index in [2.05, 4.69) is 81.2 Å². The Morgan fingerprint density at radius 3 is 2.30 bits per heavy atom. The van der Waals surface area contributed by atoms with Gasteiger partial charge in [-0.3, -0.25) is 0 Å². The van der Waals surface area contributed by atoms with Crippen molar-refractivity contribution in [3.8, 4) is 0 Å². The largest absolute Gasteiger partial charge is 0.356 e. The second kappa shape index (κ2) is 6.25. The Hall–Kier alpha value is -2.28. The first-order valence-electron chi connectivity index (χ1n) is 6.82. The number of hydrogen-bond acceptors (Lipinski definition) is 1. The molecule has 2 aromatic rings. The van der Waals surface area contributed by atoms with Gasteiger partial charge >= 0.3 is 0 Å². The molecule has 2 rings (SSSR count). The van der Waals surface area contributed by atoms with Gasteiger partial charge in [-0.25, -0.2) is 0 Å². The fourth-order valence-electron chi connectivity index (χ4n) is 1.92. The van der Waals surface area contributed by atoms with Crippen LogP contribution in [0.1, 0.15) is 22.3 Å². The number of hydrogen-bond donors (Lipinski definition) is 1. The van der Waals surface area contributed by atoms with E-state index in [1.807, 2.05) is 6.08 Å². The summed E-state index contributed by atoms with van der Waals surface area (Å²) in [7, 11) is 0. The van der Waals surface area contributed by atoms with Gasteiger partial charge in [0.05, 0.1) is 0 Å². The van der Waals surface area contributed by atoms with Gasteiger partial charge in [-0.05, 0) is 55.7 Å². The molecule has 1 nitrogen and oxygen atoms in total. The van der Waals surface area contributed by atoms with Crippen molar-refractivity contribution in [1.29, 1.82) is 0 Å². The van der Waals surface area contributed by atoms with Crippen LogP contribution in [0.5, 0.6) is 0 Å². The fourth-order valence-corrected chi connectivity index (χ4v) is 1.92. The van der Waals surface area contributed by atoms with Crippen LogP contribution in [0.25, 0.3) is 6.08 Å². The molecule has 20 heavy (non-hydrogen) atoms. The van der Waals surface area contributed by atoms with Gasteiger partial charge in [0.2, 0.25) is 0 Å². The van der Waals surface area contributed by atoms with Crippen LogP contribution in [0.3, 0.4) is 0 Å². The van der Waals surface area contributed by atoms with Crippen molar-refractivity contribution in [2.75, 3.05) is 5.32 Å². The van der Waals surface area contributed by atoms with Crippen molar-refractivity contribution in [1.82, 2.24) is 0 Å². The zero-order chi connectivity index (χ0) is 14.5. The highest BCUT2D eigenvalue weighted by molar-refractivity contribution is 5.58. The van der Waals surface area contributed by atoms with Crippen molar-refractivity contribution >= 4 is 11.8 Å². The van der Waals surface area contributed by atoms with Crippen LogP contribution in [0, 0.1) is 20.8 Å². The maximum atomic E-state index is 4.04. The van der Waals surface area contributed by atoms with Gasteiger partial charge in [-0.2, -0.15) is 0 Å². The highest BCUT2D eigenvalue weighted by Crippen LogP contribution is 2.16. The van der Waals surface area contributed by atoms with E-state index in [0.717, 1.165) is 11.4 Å². The fraction of sp³-hybridized carbons (Fsp3) is 0.158. The summed E-state index contributed by atoms with van der Waals surface area (Å²) in [5.74, 6) is 0. The van der Waals surface area contributed by atoms with Crippen LogP contribution < -0.4 is 5.32 Å². The van der Waals surface area contributed by atoms with Crippen molar-refractivity contribution < 1.29 is 0 Å². The van der Waals surface area contributed by atoms with E-state index < -0.39 is 0 Å². The first kappa shape index (κ1) is 14.1. The number of nitrogens with one attached hydrogen (secondary N) is 1. The number of benzene rings is 2. The summed E-state index contributed by atoms with van der Waals surface area (Å²) in [4.78, 5) is 0. The lowest BCUT2D eigenvalue weighted by Crippen LogP contribution is -1.95. The molecule has 1 N–H and O–H groups in total. The lowest BCUT2D eigenvalue weighted by atomic mass is 10.1. The maximum absolute atomic E-state index is 4.04. The molecule has 0 radical (unpaired) electrons. The number of rotatable bonds is 4. The maximum Gasteiger partial charge on any atom is 0.0386 e. The van der Waals surface area contributed by atoms with Crippen molar-refractivity contribution in [2.24, 2.45) is 0 Å². The second-order valence-electron chi connectivity index (χ2n) is 5.19. The topological polar surface area (TPSA) is 12.0 Å². The van der Waals surface area contributed by atoms with Gasteiger partial charge in [0.1, 0.15) is 0 Å². The molecular weight excluding hydrogens is 242 g/mol. The lowest BCUT2D eigenvalue weighted by molar-refractivity contribution is 1.33. The molecule has 1 heteroatoms. The average molecular weight is 263 g/mol. The Kier molecular flexibility index (Phi) is 4.41. The highest BCUT2D eigenvalue weighted by atomic mass is 14.9. The highest BCUT2D eigenvalue weighted by Gasteiger charge is 1.96. The first-order chi connectivity index (χ1) is 9.54. The molecule has 0 heterocycles. The molecule has 0 bridgehead atoms. The van der Waals surface area contributed by atoms with Gasteiger partial charge in [0, 0.05) is 11.4 Å². The molecule has 0 aliphatic heterocycles. The van der Waals surface area contributed by atoms with Crippen LogP contribution in [0.2, 0.25) is 0 Å². The van der Waals surface area contributed by atoms with Gasteiger partial charge < -0.3 is 5.32 Å². The monoisotopic (exact) mass is 263 g/mol. The summed E-state index contributed by atoms with van der Waals surface area (Å²) in [6, 6.07) is 14.8. The minimum atomic E-state index is 0.883. The number of allylic oxidation sites excluding steroid dienone is 1. The molecule has 0 saturated carbocycles. The minimum absolute atomic E-state index is 0.883. The normalized spacial score (nSPS) is 10.8. The van der Waals surface area contributed by atoms with Gasteiger partial charge in [0.15, 0.2) is 0 Å². The van der Waals surface area contributed by atoms with Crippen LogP contribution in [-0.4, -0.2) is 0 Å². The van der Waals surface area contributed by atoms with Crippen molar-refractivity contribution in [3.05, 3.63) is 83.1 Å². The Balaban J connectivity index is 2.01. The molecule has 0 aliphatic rings. The molecule has 102 valence electrons. The predicted octanol–water partition coefficient (Wildman–Crippen LogP) is 5.25. The molecule has 2 aromatic carbocycles. The quantitative estimate of drug-likeness (QED) is 0.743. The summed E-state index contributed by atoms with van der Waals surface area (Å²) in [6.07, 6.45) is 4.07. The van der Waals surface area contributed by atoms with Gasteiger partial charge in [-0.15, -0.1) is 0 Å². The van der Waals surface area contributed by atoms with Gasteiger partial charge in [0.25, 0.3) is 0 Å². The van der Waals surface area contributed by atoms with E-state index in [9.17, 15) is 0 Å². The zero-order valence-corrected chi connectivity index (χ0v) is 12.4. The van der Waals surface area contributed by atoms with Gasteiger partial charge in [-0.1, -0.05) is 48.6 Å². The Labute approximate surface area is 121 Å². The molecule has 0 saturated heterocycles. The molecule has 0 aliphatic carbocycles. The van der Waals surface area contributed by atoms with E-state index in [1.165, 1.54) is 22.3 Å². The molecule has 0 atom stereocenters. The molecule has 0 amide bonds. The third-order valence-electron chi connectivity index (χ3n) is 3.37. The van der Waals surface area contributed by atoms with E-state index in [4.69, 9.17) is 0 Å². The van der Waals surface area contributed by atoms with Crippen LogP contribution in [0.15, 0.2) is 60.8 Å². The summed E-state index contributed by atoms with van der Waals surface area (Å²) >= 11 is 0. The van der Waals surface area contributed by atoms with E-state index >= 15 is 0 Å². The molecule has 0 aromatic heterocycles. The van der Waals surface area contributed by atoms with Crippen LogP contribution in [-0.2, 0) is 0 Å². The van der Waals surface area contributed by atoms with E-state index in [1.54, 1.807) is 0 Å². The third-order valence-corrected chi connectivity index (χ3v) is 3.37. The standard InChI is InChI=1S/C19H21N/c1-14-5-9-18(10-6-14)11-8-17(4)20-19-12-7-15(2)16(3)13-19/h5-13,20H,4H2,1-3H3/b11-8+. The average Bonchev–Trinajstić information content (AvgIpc) is 2.42. The van der Waals surface area contributed by atoms with E-state index in [-0.39, 0.29) is 0 Å². The lowest BCUT2D eigenvalue weighted by Gasteiger charge is -2.08. The van der Waals surface area contributed by atoms with Crippen LogP contribution in [0.4, 0.5) is 5.69 Å². The summed E-state index contributed by atoms with van der Waals surface area (Å²) < 4.78 is 0. The Morgan fingerprint density at radius 2 is 1.65 bits per heavy atom. The zero-order valence-electron chi connectivity index (χ0n) is 12.4. The Morgan fingerprint density at radius 1 is 0.950 bits per heavy atom. The van der Waals surface area contributed by atoms with Crippen molar-refractivity contribution in [3.63, 3.8) is 0 Å². The molecular formula is C19H21N. The van der Waals surface area contributed by atoms with Crippen LogP contribution >= 0.6 is 0 Å². The van der Waals surface area contributed by atoms with E-state index in [0.29, 0.717) is 0 Å². The summed E-state index contributed by atoms with van der Waals surface area (Å²) in [5, 5.41) is 3.31. The molecule has 0 spiro atoms. The first-order valence-corrected chi connectivity index (χ1v) is 6.82. The minimum Gasteiger partial charge on any atom is -0.356 e. The summed E-state index contributed by atoms with van der Waals surface area (Å²) in [6.45, 7) is 10.4. The molecule has 0 fully saturated rings. The Bertz CT molecular complexity index is 633. The summed E-state index contributed by atoms with van der Waals surface area (Å²) in [5.41, 5.74) is 7.00. The smallest absolute Gasteiger partial charge is 0.0386 e. The predicted molar refractivity (Wildman–Crippen MR) is 88.9 cm³/mol. The van der Waals surface area contributed by atoms with Crippen molar-refractivity contribution in [2.45, 2.75) is 20.8 Å². The number of aryl methyl sites for hydroxylation is 3. The third kappa shape index (κ3) is 3.86. The SMILES string of the molecule is C=C(/C=C/c1ccc(C)cc1)Nc1ccc(C)c(C)c1. The second-order valence-corrected chi connectivity index (χ2v) is 5.19. The number of anilines is 1.